The number of carbonyl (C=O) groups is 1. The molecular formula is C13H22N4OS. The van der Waals surface area contributed by atoms with Crippen molar-refractivity contribution >= 4 is 18.8 Å². The molecule has 0 aliphatic carbocycles. The molecule has 0 bridgehead atoms. The van der Waals surface area contributed by atoms with E-state index in [4.69, 9.17) is 0 Å². The van der Waals surface area contributed by atoms with Crippen molar-refractivity contribution in [3.05, 3.63) is 17.7 Å². The third kappa shape index (κ3) is 2.59. The first-order valence-electron chi connectivity index (χ1n) is 6.74. The zero-order valence-corrected chi connectivity index (χ0v) is 12.8. The highest BCUT2D eigenvalue weighted by molar-refractivity contribution is 7.78. The van der Waals surface area contributed by atoms with Gasteiger partial charge in [-0.2, -0.15) is 0 Å². The molecule has 1 aromatic heterocycles. The number of fused-ring (bicyclic) bond motifs is 1. The number of nitrogens with zero attached hydrogens (tertiary/aromatic N) is 3. The number of aromatic nitrogens is 2. The summed E-state index contributed by atoms with van der Waals surface area (Å²) >= 11 is 4.31. The zero-order chi connectivity index (χ0) is 14.2. The number of hydrogen-bond donors (Lipinski definition) is 2. The van der Waals surface area contributed by atoms with Crippen LogP contribution in [0.25, 0.3) is 0 Å². The van der Waals surface area contributed by atoms with Gasteiger partial charge in [0.05, 0.1) is 18.1 Å². The van der Waals surface area contributed by atoms with E-state index >= 15 is 0 Å². The number of H-pyrrole nitrogens is 1. The maximum atomic E-state index is 12.5. The van der Waals surface area contributed by atoms with Crippen molar-refractivity contribution in [1.82, 2.24) is 19.2 Å². The summed E-state index contributed by atoms with van der Waals surface area (Å²) in [6.07, 6.45) is 2.54. The largest absolute Gasteiger partial charge is 0.348 e. The lowest BCUT2D eigenvalue weighted by molar-refractivity contribution is 0.128. The number of amides is 2. The van der Waals surface area contributed by atoms with E-state index in [1.165, 1.54) is 4.31 Å². The van der Waals surface area contributed by atoms with Gasteiger partial charge < -0.3 is 9.88 Å². The van der Waals surface area contributed by atoms with Crippen LogP contribution in [0.2, 0.25) is 0 Å². The molecule has 2 amide bonds. The van der Waals surface area contributed by atoms with E-state index in [-0.39, 0.29) is 18.1 Å². The lowest BCUT2D eigenvalue weighted by atomic mass is 9.93. The summed E-state index contributed by atoms with van der Waals surface area (Å²) in [5, 5.41) is 0. The number of thiol groups is 1. The zero-order valence-electron chi connectivity index (χ0n) is 11.9. The van der Waals surface area contributed by atoms with Gasteiger partial charge in [0.15, 0.2) is 0 Å². The second-order valence-corrected chi connectivity index (χ2v) is 6.05. The lowest BCUT2D eigenvalue weighted by Gasteiger charge is -2.39. The van der Waals surface area contributed by atoms with Gasteiger partial charge in [-0.3, -0.25) is 4.31 Å². The molecule has 0 spiro atoms. The first-order chi connectivity index (χ1) is 8.93. The van der Waals surface area contributed by atoms with Gasteiger partial charge in [-0.05, 0) is 19.8 Å². The van der Waals surface area contributed by atoms with E-state index in [0.29, 0.717) is 12.5 Å². The van der Waals surface area contributed by atoms with Crippen LogP contribution in [0.4, 0.5) is 4.79 Å². The minimum Gasteiger partial charge on any atom is -0.348 e. The Balaban J connectivity index is 2.29. The van der Waals surface area contributed by atoms with Crippen molar-refractivity contribution in [1.29, 1.82) is 0 Å². The normalized spacial score (nSPS) is 18.9. The van der Waals surface area contributed by atoms with Gasteiger partial charge in [-0.25, -0.2) is 9.78 Å². The molecule has 0 fully saturated rings. The van der Waals surface area contributed by atoms with Crippen LogP contribution in [-0.2, 0) is 6.42 Å². The number of urea groups is 1. The van der Waals surface area contributed by atoms with Crippen LogP contribution in [0.1, 0.15) is 45.1 Å². The summed E-state index contributed by atoms with van der Waals surface area (Å²) in [6, 6.07) is 0.0609. The molecule has 1 aliphatic rings. The number of nitrogens with one attached hydrogen (secondary N) is 1. The number of rotatable bonds is 2. The molecule has 1 unspecified atom stereocenters. The Kier molecular flexibility index (Phi) is 4.08. The first kappa shape index (κ1) is 14.2. The van der Waals surface area contributed by atoms with Gasteiger partial charge in [0.25, 0.3) is 0 Å². The number of hydrogen-bond acceptors (Lipinski definition) is 3. The molecule has 106 valence electrons. The Morgan fingerprint density at radius 2 is 2.21 bits per heavy atom. The lowest BCUT2D eigenvalue weighted by Crippen LogP contribution is -2.48. The third-order valence-corrected chi connectivity index (χ3v) is 4.17. The van der Waals surface area contributed by atoms with E-state index in [1.807, 2.05) is 18.7 Å². The number of aromatic amines is 1. The van der Waals surface area contributed by atoms with Crippen LogP contribution in [0, 0.1) is 5.92 Å². The van der Waals surface area contributed by atoms with Gasteiger partial charge in [0.1, 0.15) is 0 Å². The van der Waals surface area contributed by atoms with Gasteiger partial charge >= 0.3 is 6.03 Å². The Bertz CT molecular complexity index is 457. The molecular weight excluding hydrogens is 260 g/mol. The van der Waals surface area contributed by atoms with Crippen molar-refractivity contribution in [3.8, 4) is 0 Å². The summed E-state index contributed by atoms with van der Waals surface area (Å²) in [5.41, 5.74) is 2.15. The smallest absolute Gasteiger partial charge is 0.330 e. The topological polar surface area (TPSA) is 52.2 Å². The van der Waals surface area contributed by atoms with Crippen molar-refractivity contribution in [2.45, 2.75) is 46.2 Å². The Labute approximate surface area is 119 Å². The fourth-order valence-corrected chi connectivity index (χ4v) is 2.66. The highest BCUT2D eigenvalue weighted by atomic mass is 32.1. The van der Waals surface area contributed by atoms with E-state index in [2.05, 4.69) is 36.6 Å². The highest BCUT2D eigenvalue weighted by Gasteiger charge is 2.36. The van der Waals surface area contributed by atoms with Crippen molar-refractivity contribution in [3.63, 3.8) is 0 Å². The second kappa shape index (κ2) is 5.45. The van der Waals surface area contributed by atoms with Crippen LogP contribution >= 0.6 is 12.8 Å². The first-order valence-corrected chi connectivity index (χ1v) is 7.14. The molecule has 0 aromatic carbocycles. The summed E-state index contributed by atoms with van der Waals surface area (Å²) in [5.74, 6) is 0.320. The van der Waals surface area contributed by atoms with E-state index in [9.17, 15) is 4.79 Å². The predicted octanol–water partition coefficient (Wildman–Crippen LogP) is 2.64. The van der Waals surface area contributed by atoms with Crippen molar-refractivity contribution < 1.29 is 4.79 Å². The number of imidazole rings is 1. The standard InChI is InChI=1S/C13H22N4OS/c1-8(2)12-11-10(14-7-15-11)5-6-16(12)13(18)17(19)9(3)4/h7-9,12,19H,5-6H2,1-4H3,(H,14,15). The Morgan fingerprint density at radius 3 is 2.79 bits per heavy atom. The molecule has 1 aliphatic heterocycles. The van der Waals surface area contributed by atoms with E-state index < -0.39 is 0 Å². The average molecular weight is 282 g/mol. The summed E-state index contributed by atoms with van der Waals surface area (Å²) in [6.45, 7) is 8.86. The van der Waals surface area contributed by atoms with Gasteiger partial charge in [0.2, 0.25) is 0 Å². The molecule has 1 N–H and O–H groups in total. The maximum Gasteiger partial charge on any atom is 0.330 e. The molecule has 0 radical (unpaired) electrons. The van der Waals surface area contributed by atoms with Crippen LogP contribution < -0.4 is 0 Å². The molecule has 2 heterocycles. The SMILES string of the molecule is CC(C)C1c2nc[nH]c2CCN1C(=O)N(S)C(C)C. The third-order valence-electron chi connectivity index (χ3n) is 3.53. The molecule has 2 rings (SSSR count). The highest BCUT2D eigenvalue weighted by Crippen LogP contribution is 2.34. The molecule has 1 aromatic rings. The summed E-state index contributed by atoms with van der Waals surface area (Å²) in [4.78, 5) is 22.0. The second-order valence-electron chi connectivity index (χ2n) is 5.62. The monoisotopic (exact) mass is 282 g/mol. The minimum absolute atomic E-state index is 0.0240. The van der Waals surface area contributed by atoms with Crippen LogP contribution in [0.5, 0.6) is 0 Å². The molecule has 1 atom stereocenters. The van der Waals surface area contributed by atoms with Crippen molar-refractivity contribution in [2.75, 3.05) is 6.54 Å². The molecule has 5 nitrogen and oxygen atoms in total. The summed E-state index contributed by atoms with van der Waals surface area (Å²) in [7, 11) is 0. The quantitative estimate of drug-likeness (QED) is 0.819. The Morgan fingerprint density at radius 1 is 1.53 bits per heavy atom. The van der Waals surface area contributed by atoms with E-state index in [1.54, 1.807) is 6.33 Å². The fraction of sp³-hybridized carbons (Fsp3) is 0.692. The van der Waals surface area contributed by atoms with Gasteiger partial charge in [-0.1, -0.05) is 26.7 Å². The minimum atomic E-state index is -0.0364. The predicted molar refractivity (Wildman–Crippen MR) is 77.9 cm³/mol. The molecule has 6 heteroatoms. The molecule has 19 heavy (non-hydrogen) atoms. The molecule has 0 saturated heterocycles. The fourth-order valence-electron chi connectivity index (χ4n) is 2.55. The molecule has 0 saturated carbocycles. The van der Waals surface area contributed by atoms with Crippen molar-refractivity contribution in [2.24, 2.45) is 5.92 Å². The van der Waals surface area contributed by atoms with Crippen LogP contribution in [0.3, 0.4) is 0 Å². The van der Waals surface area contributed by atoms with Crippen LogP contribution in [-0.4, -0.2) is 37.8 Å². The van der Waals surface area contributed by atoms with Crippen LogP contribution in [0.15, 0.2) is 6.33 Å². The summed E-state index contributed by atoms with van der Waals surface area (Å²) < 4.78 is 1.49. The number of carbonyl (C=O) groups excluding carboxylic acids is 1. The maximum absolute atomic E-state index is 12.5. The average Bonchev–Trinajstić information content (AvgIpc) is 2.83. The van der Waals surface area contributed by atoms with Gasteiger partial charge in [0, 0.05) is 24.7 Å². The van der Waals surface area contributed by atoms with E-state index in [0.717, 1.165) is 17.8 Å². The Hall–Kier alpha value is -1.17. The van der Waals surface area contributed by atoms with Gasteiger partial charge in [-0.15, -0.1) is 0 Å².